The Morgan fingerprint density at radius 3 is 2.48 bits per heavy atom. The van der Waals surface area contributed by atoms with E-state index in [4.69, 9.17) is 5.11 Å². The highest BCUT2D eigenvalue weighted by Crippen LogP contribution is 2.21. The number of β-amino-alcohol motifs (C(OH)–C–C–N with tert-alkyl or cyclic N) is 1. The predicted octanol–water partition coefficient (Wildman–Crippen LogP) is 0.647. The van der Waals surface area contributed by atoms with Crippen molar-refractivity contribution < 1.29 is 24.7 Å². The molecule has 9 heteroatoms. The van der Waals surface area contributed by atoms with E-state index in [1.807, 2.05) is 0 Å². The smallest absolute Gasteiger partial charge is 0.326 e. The van der Waals surface area contributed by atoms with Crippen LogP contribution in [-0.4, -0.2) is 50.7 Å². The van der Waals surface area contributed by atoms with Gasteiger partial charge in [0.15, 0.2) is 0 Å². The number of nitro groups is 1. The Morgan fingerprint density at radius 2 is 1.95 bits per heavy atom. The molecule has 1 aliphatic heterocycles. The first-order chi connectivity index (χ1) is 9.88. The van der Waals surface area contributed by atoms with E-state index >= 15 is 0 Å². The van der Waals surface area contributed by atoms with Crippen molar-refractivity contribution in [1.29, 1.82) is 0 Å². The molecular formula is C12H13N3O6. The molecule has 2 atom stereocenters. The Labute approximate surface area is 118 Å². The number of carboxylic acids is 1. The molecule has 0 bridgehead atoms. The van der Waals surface area contributed by atoms with Crippen molar-refractivity contribution in [3.05, 3.63) is 34.4 Å². The van der Waals surface area contributed by atoms with Gasteiger partial charge in [0.05, 0.1) is 11.0 Å². The van der Waals surface area contributed by atoms with E-state index in [2.05, 4.69) is 5.32 Å². The predicted molar refractivity (Wildman–Crippen MR) is 70.9 cm³/mol. The third-order valence-electron chi connectivity index (χ3n) is 3.15. The average molecular weight is 295 g/mol. The van der Waals surface area contributed by atoms with E-state index in [9.17, 15) is 24.8 Å². The fraction of sp³-hybridized carbons (Fsp3) is 0.333. The van der Waals surface area contributed by atoms with Crippen LogP contribution >= 0.6 is 0 Å². The molecule has 0 saturated carbocycles. The molecule has 112 valence electrons. The number of aliphatic hydroxyl groups excluding tert-OH is 1. The molecule has 1 aliphatic rings. The van der Waals surface area contributed by atoms with Crippen LogP contribution in [0.15, 0.2) is 24.3 Å². The lowest BCUT2D eigenvalue weighted by Gasteiger charge is -2.21. The number of carbonyl (C=O) groups excluding carboxylic acids is 1. The van der Waals surface area contributed by atoms with Gasteiger partial charge < -0.3 is 20.4 Å². The third-order valence-corrected chi connectivity index (χ3v) is 3.15. The summed E-state index contributed by atoms with van der Waals surface area (Å²) in [6, 6.07) is 3.38. The van der Waals surface area contributed by atoms with Crippen molar-refractivity contribution in [3.63, 3.8) is 0 Å². The van der Waals surface area contributed by atoms with Gasteiger partial charge in [0.2, 0.25) is 0 Å². The Morgan fingerprint density at radius 1 is 1.33 bits per heavy atom. The maximum Gasteiger partial charge on any atom is 0.326 e. The Bertz CT molecular complexity index is 573. The number of nitrogens with one attached hydrogen (secondary N) is 1. The topological polar surface area (TPSA) is 133 Å². The molecule has 0 radical (unpaired) electrons. The fourth-order valence-corrected chi connectivity index (χ4v) is 2.13. The van der Waals surface area contributed by atoms with Gasteiger partial charge in [-0.1, -0.05) is 0 Å². The molecule has 1 heterocycles. The highest BCUT2D eigenvalue weighted by molar-refractivity contribution is 5.92. The lowest BCUT2D eigenvalue weighted by Crippen LogP contribution is -2.43. The summed E-state index contributed by atoms with van der Waals surface area (Å²) in [6.07, 6.45) is -0.906. The van der Waals surface area contributed by atoms with Gasteiger partial charge in [-0.2, -0.15) is 0 Å². The van der Waals surface area contributed by atoms with Gasteiger partial charge >= 0.3 is 12.0 Å². The monoisotopic (exact) mass is 295 g/mol. The average Bonchev–Trinajstić information content (AvgIpc) is 2.82. The van der Waals surface area contributed by atoms with Gasteiger partial charge in [-0.3, -0.25) is 10.1 Å². The number of likely N-dealkylation sites (tertiary alicyclic amines) is 1. The van der Waals surface area contributed by atoms with Crippen molar-refractivity contribution in [2.75, 3.05) is 11.9 Å². The summed E-state index contributed by atoms with van der Waals surface area (Å²) < 4.78 is 0. The van der Waals surface area contributed by atoms with E-state index in [-0.39, 0.29) is 18.7 Å². The molecule has 2 rings (SSSR count). The van der Waals surface area contributed by atoms with E-state index in [1.54, 1.807) is 0 Å². The van der Waals surface area contributed by atoms with Crippen molar-refractivity contribution in [1.82, 2.24) is 4.90 Å². The zero-order valence-corrected chi connectivity index (χ0v) is 10.8. The summed E-state index contributed by atoms with van der Waals surface area (Å²) in [5.41, 5.74) is 0.184. The zero-order chi connectivity index (χ0) is 15.6. The molecular weight excluding hydrogens is 282 g/mol. The van der Waals surface area contributed by atoms with E-state index in [0.717, 1.165) is 4.90 Å². The quantitative estimate of drug-likeness (QED) is 0.553. The highest BCUT2D eigenvalue weighted by Gasteiger charge is 2.38. The second kappa shape index (κ2) is 5.75. The first-order valence-corrected chi connectivity index (χ1v) is 6.11. The van der Waals surface area contributed by atoms with E-state index in [0.29, 0.717) is 5.69 Å². The van der Waals surface area contributed by atoms with Gasteiger partial charge in [-0.25, -0.2) is 9.59 Å². The molecule has 2 amide bonds. The number of urea groups is 1. The van der Waals surface area contributed by atoms with E-state index < -0.39 is 29.1 Å². The van der Waals surface area contributed by atoms with Gasteiger partial charge in [0, 0.05) is 30.8 Å². The summed E-state index contributed by atoms with van der Waals surface area (Å²) >= 11 is 0. The second-order valence-electron chi connectivity index (χ2n) is 4.63. The summed E-state index contributed by atoms with van der Waals surface area (Å²) in [7, 11) is 0. The number of benzene rings is 1. The highest BCUT2D eigenvalue weighted by atomic mass is 16.6. The number of rotatable bonds is 3. The number of hydrogen-bond donors (Lipinski definition) is 3. The van der Waals surface area contributed by atoms with Crippen LogP contribution in [-0.2, 0) is 4.79 Å². The van der Waals surface area contributed by atoms with Crippen LogP contribution in [0, 0.1) is 10.1 Å². The van der Waals surface area contributed by atoms with Gasteiger partial charge in [-0.15, -0.1) is 0 Å². The number of non-ortho nitro benzene ring substituents is 1. The van der Waals surface area contributed by atoms with Gasteiger partial charge in [0.1, 0.15) is 6.04 Å². The number of nitro benzene ring substituents is 1. The minimum Gasteiger partial charge on any atom is -0.480 e. The summed E-state index contributed by atoms with van der Waals surface area (Å²) in [5.74, 6) is -1.19. The van der Waals surface area contributed by atoms with Gasteiger partial charge in [0.25, 0.3) is 5.69 Å². The fourth-order valence-electron chi connectivity index (χ4n) is 2.13. The SMILES string of the molecule is O=C(O)[C@H]1C[C@@H](O)CN1C(=O)Nc1ccc([N+](=O)[O-])cc1. The number of carboxylic acid groups (broad SMARTS) is 1. The lowest BCUT2D eigenvalue weighted by atomic mass is 10.2. The zero-order valence-electron chi connectivity index (χ0n) is 10.8. The molecule has 0 spiro atoms. The molecule has 1 aromatic rings. The van der Waals surface area contributed by atoms with Crippen LogP contribution in [0.1, 0.15) is 6.42 Å². The Hall–Kier alpha value is -2.68. The van der Waals surface area contributed by atoms with Crippen LogP contribution < -0.4 is 5.32 Å². The molecule has 0 aliphatic carbocycles. The number of hydrogen-bond acceptors (Lipinski definition) is 5. The molecule has 0 aromatic heterocycles. The van der Waals surface area contributed by atoms with E-state index in [1.165, 1.54) is 24.3 Å². The number of carbonyl (C=O) groups is 2. The van der Waals surface area contributed by atoms with Crippen molar-refractivity contribution >= 4 is 23.4 Å². The largest absolute Gasteiger partial charge is 0.480 e. The first-order valence-electron chi connectivity index (χ1n) is 6.11. The summed E-state index contributed by atoms with van der Waals surface area (Å²) in [4.78, 5) is 34.0. The molecule has 1 fully saturated rings. The molecule has 0 unspecified atom stereocenters. The molecule has 1 saturated heterocycles. The van der Waals surface area contributed by atoms with Gasteiger partial charge in [-0.05, 0) is 12.1 Å². The standard InChI is InChI=1S/C12H13N3O6/c16-9-5-10(11(17)18)14(6-9)12(19)13-7-1-3-8(4-2-7)15(20)21/h1-4,9-10,16H,5-6H2,(H,13,19)(H,17,18)/t9-,10-/m1/s1. The number of nitrogens with zero attached hydrogens (tertiary/aromatic N) is 2. The van der Waals surface area contributed by atoms with Crippen molar-refractivity contribution in [2.45, 2.75) is 18.6 Å². The maximum absolute atomic E-state index is 12.0. The first kappa shape index (κ1) is 14.7. The van der Waals surface area contributed by atoms with Crippen LogP contribution in [0.2, 0.25) is 0 Å². The third kappa shape index (κ3) is 3.26. The molecule has 3 N–H and O–H groups in total. The van der Waals surface area contributed by atoms with Crippen LogP contribution in [0.5, 0.6) is 0 Å². The molecule has 21 heavy (non-hydrogen) atoms. The Kier molecular flexibility index (Phi) is 4.03. The maximum atomic E-state index is 12.0. The number of anilines is 1. The lowest BCUT2D eigenvalue weighted by molar-refractivity contribution is -0.384. The van der Waals surface area contributed by atoms with Crippen LogP contribution in [0.3, 0.4) is 0 Å². The summed E-state index contributed by atoms with van der Waals surface area (Å²) in [5, 5.41) is 31.4. The normalized spacial score (nSPS) is 21.1. The number of aliphatic hydroxyl groups is 1. The molecule has 1 aromatic carbocycles. The second-order valence-corrected chi connectivity index (χ2v) is 4.63. The van der Waals surface area contributed by atoms with Crippen LogP contribution in [0.25, 0.3) is 0 Å². The molecule has 9 nitrogen and oxygen atoms in total. The number of amides is 2. The minimum atomic E-state index is -1.19. The van der Waals surface area contributed by atoms with Crippen LogP contribution in [0.4, 0.5) is 16.2 Å². The Balaban J connectivity index is 2.06. The number of aliphatic carboxylic acids is 1. The summed E-state index contributed by atoms with van der Waals surface area (Å²) in [6.45, 7) is -0.0736. The van der Waals surface area contributed by atoms with Crippen molar-refractivity contribution in [2.24, 2.45) is 0 Å². The minimum absolute atomic E-state index is 0.0248. The van der Waals surface area contributed by atoms with Crippen molar-refractivity contribution in [3.8, 4) is 0 Å².